The van der Waals surface area contributed by atoms with E-state index >= 15 is 0 Å². The number of carbonyl (C=O) groups is 1. The molecular weight excluding hydrogens is 370 g/mol. The van der Waals surface area contributed by atoms with Crippen LogP contribution in [0.1, 0.15) is 45.4 Å². The number of nitrogens with one attached hydrogen (secondary N) is 1. The summed E-state index contributed by atoms with van der Waals surface area (Å²) in [4.78, 5) is 14.1. The lowest BCUT2D eigenvalue weighted by Gasteiger charge is -2.20. The van der Waals surface area contributed by atoms with Gasteiger partial charge in [0.15, 0.2) is 0 Å². The molecule has 0 amide bonds. The zero-order chi connectivity index (χ0) is 17.9. The van der Waals surface area contributed by atoms with Crippen molar-refractivity contribution in [3.63, 3.8) is 0 Å². The Morgan fingerprint density at radius 3 is 2.85 bits per heavy atom. The van der Waals surface area contributed by atoms with Gasteiger partial charge in [0.05, 0.1) is 21.9 Å². The first-order valence-electron chi connectivity index (χ1n) is 8.81. The van der Waals surface area contributed by atoms with Crippen LogP contribution in [-0.4, -0.2) is 28.8 Å². The number of nitrogens with zero attached hydrogens (tertiary/aromatic N) is 2. The van der Waals surface area contributed by atoms with E-state index in [0.29, 0.717) is 11.5 Å². The fourth-order valence-corrected chi connectivity index (χ4v) is 4.44. The number of rotatable bonds is 5. The Morgan fingerprint density at radius 1 is 1.31 bits per heavy atom. The second kappa shape index (κ2) is 7.78. The van der Waals surface area contributed by atoms with Crippen LogP contribution < -0.4 is 5.32 Å². The van der Waals surface area contributed by atoms with Gasteiger partial charge in [-0.3, -0.25) is 4.79 Å². The van der Waals surface area contributed by atoms with E-state index in [1.807, 2.05) is 12.1 Å². The molecule has 1 saturated heterocycles. The van der Waals surface area contributed by atoms with E-state index in [-0.39, 0.29) is 5.91 Å². The minimum absolute atomic E-state index is 0.141. The molecule has 4 heterocycles. The van der Waals surface area contributed by atoms with Gasteiger partial charge in [-0.2, -0.15) is 5.10 Å². The predicted molar refractivity (Wildman–Crippen MR) is 102 cm³/mol. The molecule has 0 spiro atoms. The number of hydrogen-bond acceptors (Lipinski definition) is 5. The molecule has 0 atom stereocenters. The molecule has 3 aromatic rings. The van der Waals surface area contributed by atoms with Crippen molar-refractivity contribution in [3.8, 4) is 0 Å². The van der Waals surface area contributed by atoms with Gasteiger partial charge in [0.1, 0.15) is 6.26 Å². The van der Waals surface area contributed by atoms with Crippen molar-refractivity contribution in [2.75, 3.05) is 13.1 Å². The van der Waals surface area contributed by atoms with Crippen LogP contribution in [0, 0.1) is 0 Å². The molecule has 7 heteroatoms. The van der Waals surface area contributed by atoms with Crippen LogP contribution in [0.3, 0.4) is 0 Å². The van der Waals surface area contributed by atoms with Crippen LogP contribution in [0.15, 0.2) is 41.2 Å². The summed E-state index contributed by atoms with van der Waals surface area (Å²) in [5, 5.41) is 8.06. The van der Waals surface area contributed by atoms with Gasteiger partial charge in [-0.25, -0.2) is 4.68 Å². The Kier molecular flexibility index (Phi) is 5.24. The minimum Gasteiger partial charge on any atom is -0.472 e. The van der Waals surface area contributed by atoms with Gasteiger partial charge in [0, 0.05) is 16.5 Å². The van der Waals surface area contributed by atoms with Crippen molar-refractivity contribution >= 4 is 28.8 Å². The molecule has 4 rings (SSSR count). The molecule has 3 aromatic heterocycles. The number of piperidine rings is 1. The highest BCUT2D eigenvalue weighted by atomic mass is 35.5. The van der Waals surface area contributed by atoms with Gasteiger partial charge in [0.25, 0.3) is 5.91 Å². The number of halogens is 1. The number of aromatic nitrogens is 2. The number of thiophene rings is 1. The highest BCUT2D eigenvalue weighted by Crippen LogP contribution is 2.27. The second-order valence-electron chi connectivity index (χ2n) is 6.52. The molecular formula is C19H20ClN3O2S. The highest BCUT2D eigenvalue weighted by Gasteiger charge is 2.23. The minimum atomic E-state index is -0.141. The largest absolute Gasteiger partial charge is 0.472 e. The average Bonchev–Trinajstić information content (AvgIpc) is 3.41. The second-order valence-corrected chi connectivity index (χ2v) is 8.32. The molecule has 1 aliphatic rings. The maximum atomic E-state index is 12.8. The van der Waals surface area contributed by atoms with E-state index in [0.717, 1.165) is 54.5 Å². The normalized spacial score (nSPS) is 15.4. The molecule has 0 bridgehead atoms. The molecule has 0 saturated carbocycles. The quantitative estimate of drug-likeness (QED) is 0.712. The number of hydrogen-bond donors (Lipinski definition) is 1. The molecule has 1 aliphatic heterocycles. The van der Waals surface area contributed by atoms with Crippen LogP contribution in [0.25, 0.3) is 0 Å². The first-order chi connectivity index (χ1) is 12.7. The summed E-state index contributed by atoms with van der Waals surface area (Å²) in [5.74, 6) is 0.266. The standard InChI is InChI=1S/C19H20ClN3O2S/c20-18-4-3-16(26-18)2-1-15-11-17(13-5-8-21-9-6-13)22-23(15)19(24)14-7-10-25-12-14/h3-4,7,10-13,21H,1-2,5-6,8-9H2. The van der Waals surface area contributed by atoms with Crippen molar-refractivity contribution < 1.29 is 9.21 Å². The summed E-state index contributed by atoms with van der Waals surface area (Å²) in [6.07, 6.45) is 6.67. The molecule has 26 heavy (non-hydrogen) atoms. The van der Waals surface area contributed by atoms with Gasteiger partial charge >= 0.3 is 0 Å². The van der Waals surface area contributed by atoms with Crippen molar-refractivity contribution in [2.24, 2.45) is 0 Å². The fourth-order valence-electron chi connectivity index (χ4n) is 3.36. The Bertz CT molecular complexity index is 879. The Morgan fingerprint density at radius 2 is 2.15 bits per heavy atom. The SMILES string of the molecule is O=C(c1ccoc1)n1nc(C2CCNCC2)cc1CCc1ccc(Cl)s1. The third-order valence-electron chi connectivity index (χ3n) is 4.78. The van der Waals surface area contributed by atoms with E-state index in [9.17, 15) is 4.79 Å². The maximum Gasteiger partial charge on any atom is 0.281 e. The van der Waals surface area contributed by atoms with E-state index in [1.165, 1.54) is 17.4 Å². The van der Waals surface area contributed by atoms with Crippen molar-refractivity contribution in [3.05, 3.63) is 63.0 Å². The molecule has 0 radical (unpaired) electrons. The van der Waals surface area contributed by atoms with Gasteiger partial charge < -0.3 is 9.73 Å². The Hall–Kier alpha value is -1.89. The summed E-state index contributed by atoms with van der Waals surface area (Å²) in [5.41, 5.74) is 2.47. The van der Waals surface area contributed by atoms with Crippen molar-refractivity contribution in [1.29, 1.82) is 0 Å². The third-order valence-corrected chi connectivity index (χ3v) is 6.07. The topological polar surface area (TPSA) is 60.1 Å². The van der Waals surface area contributed by atoms with E-state index in [2.05, 4.69) is 16.5 Å². The van der Waals surface area contributed by atoms with Crippen LogP contribution >= 0.6 is 22.9 Å². The molecule has 1 N–H and O–H groups in total. The number of aryl methyl sites for hydroxylation is 2. The zero-order valence-corrected chi connectivity index (χ0v) is 15.9. The molecule has 0 unspecified atom stereocenters. The molecule has 0 aromatic carbocycles. The lowest BCUT2D eigenvalue weighted by atomic mass is 9.94. The van der Waals surface area contributed by atoms with E-state index < -0.39 is 0 Å². The first-order valence-corrected chi connectivity index (χ1v) is 10.0. The monoisotopic (exact) mass is 389 g/mol. The van der Waals surface area contributed by atoms with Crippen molar-refractivity contribution in [2.45, 2.75) is 31.6 Å². The molecule has 5 nitrogen and oxygen atoms in total. The Balaban J connectivity index is 1.60. The molecule has 1 fully saturated rings. The highest BCUT2D eigenvalue weighted by molar-refractivity contribution is 7.16. The van der Waals surface area contributed by atoms with Crippen LogP contribution in [-0.2, 0) is 12.8 Å². The third kappa shape index (κ3) is 3.77. The summed E-state index contributed by atoms with van der Waals surface area (Å²) < 4.78 is 7.41. The van der Waals surface area contributed by atoms with Gasteiger partial charge in [-0.1, -0.05) is 11.6 Å². The summed E-state index contributed by atoms with van der Waals surface area (Å²) >= 11 is 7.61. The lowest BCUT2D eigenvalue weighted by molar-refractivity contribution is 0.0940. The lowest BCUT2D eigenvalue weighted by Crippen LogP contribution is -2.27. The summed E-state index contributed by atoms with van der Waals surface area (Å²) in [6.45, 7) is 1.99. The summed E-state index contributed by atoms with van der Waals surface area (Å²) in [6, 6.07) is 7.73. The van der Waals surface area contributed by atoms with E-state index in [1.54, 1.807) is 22.1 Å². The van der Waals surface area contributed by atoms with Crippen LogP contribution in [0.2, 0.25) is 4.34 Å². The summed E-state index contributed by atoms with van der Waals surface area (Å²) in [7, 11) is 0. The zero-order valence-electron chi connectivity index (χ0n) is 14.3. The smallest absolute Gasteiger partial charge is 0.281 e. The van der Waals surface area contributed by atoms with Gasteiger partial charge in [-0.05, 0) is 63.0 Å². The molecule has 136 valence electrons. The fraction of sp³-hybridized carbons (Fsp3) is 0.368. The van der Waals surface area contributed by atoms with Crippen LogP contribution in [0.5, 0.6) is 0 Å². The number of furan rings is 1. The van der Waals surface area contributed by atoms with Crippen molar-refractivity contribution in [1.82, 2.24) is 15.1 Å². The number of carbonyl (C=O) groups excluding carboxylic acids is 1. The van der Waals surface area contributed by atoms with Gasteiger partial charge in [-0.15, -0.1) is 11.3 Å². The van der Waals surface area contributed by atoms with Crippen LogP contribution in [0.4, 0.5) is 0 Å². The predicted octanol–water partition coefficient (Wildman–Crippen LogP) is 4.13. The van der Waals surface area contributed by atoms with Gasteiger partial charge in [0.2, 0.25) is 0 Å². The molecule has 0 aliphatic carbocycles. The van der Waals surface area contributed by atoms with E-state index in [4.69, 9.17) is 16.0 Å². The Labute approximate surface area is 161 Å². The first kappa shape index (κ1) is 17.5. The maximum absolute atomic E-state index is 12.8. The average molecular weight is 390 g/mol.